The molecule has 2 N–H and O–H groups in total. The Balaban J connectivity index is 1.61. The Kier molecular flexibility index (Phi) is 4.84. The van der Waals surface area contributed by atoms with E-state index in [9.17, 15) is 4.79 Å². The van der Waals surface area contributed by atoms with Gasteiger partial charge in [-0.2, -0.15) is 0 Å². The smallest absolute Gasteiger partial charge is 0.291 e. The summed E-state index contributed by atoms with van der Waals surface area (Å²) in [5.41, 5.74) is 2.02. The molecule has 0 unspecified atom stereocenters. The molecular formula is C17H21N5O3S. The van der Waals surface area contributed by atoms with E-state index in [1.165, 1.54) is 16.9 Å². The molecule has 0 fully saturated rings. The lowest BCUT2D eigenvalue weighted by Crippen LogP contribution is -2.28. The highest BCUT2D eigenvalue weighted by Crippen LogP contribution is 2.38. The molecule has 9 heteroatoms. The summed E-state index contributed by atoms with van der Waals surface area (Å²) in [6, 6.07) is 0. The van der Waals surface area contributed by atoms with Gasteiger partial charge in [0.25, 0.3) is 5.91 Å². The zero-order valence-corrected chi connectivity index (χ0v) is 15.4. The minimum Gasteiger partial charge on any atom is -0.394 e. The predicted molar refractivity (Wildman–Crippen MR) is 97.6 cm³/mol. The van der Waals surface area contributed by atoms with Gasteiger partial charge in [-0.05, 0) is 30.7 Å². The van der Waals surface area contributed by atoms with Crippen LogP contribution in [0.5, 0.6) is 0 Å². The average molecular weight is 375 g/mol. The molecule has 138 valence electrons. The maximum absolute atomic E-state index is 12.3. The van der Waals surface area contributed by atoms with Crippen molar-refractivity contribution >= 4 is 33.1 Å². The minimum atomic E-state index is -0.341. The first-order valence-electron chi connectivity index (χ1n) is 8.79. The first-order chi connectivity index (χ1) is 12.7. The van der Waals surface area contributed by atoms with Crippen molar-refractivity contribution in [2.75, 3.05) is 26.4 Å². The Morgan fingerprint density at radius 1 is 1.50 bits per heavy atom. The van der Waals surface area contributed by atoms with E-state index >= 15 is 0 Å². The molecule has 0 saturated carbocycles. The van der Waals surface area contributed by atoms with Crippen molar-refractivity contribution in [3.05, 3.63) is 22.6 Å². The highest BCUT2D eigenvalue weighted by atomic mass is 32.1. The fourth-order valence-electron chi connectivity index (χ4n) is 3.33. The van der Waals surface area contributed by atoms with E-state index in [0.29, 0.717) is 24.7 Å². The molecule has 26 heavy (non-hydrogen) atoms. The fourth-order valence-corrected chi connectivity index (χ4v) is 4.50. The number of ether oxygens (including phenoxy) is 1. The van der Waals surface area contributed by atoms with Crippen LogP contribution in [0.1, 0.15) is 34.4 Å². The highest BCUT2D eigenvalue weighted by Gasteiger charge is 2.24. The summed E-state index contributed by atoms with van der Waals surface area (Å²) in [4.78, 5) is 23.6. The van der Waals surface area contributed by atoms with Crippen LogP contribution < -0.4 is 5.32 Å². The summed E-state index contributed by atoms with van der Waals surface area (Å²) in [7, 11) is 0. The molecule has 3 aromatic rings. The van der Waals surface area contributed by atoms with Crippen LogP contribution in [0.25, 0.3) is 15.9 Å². The Labute approximate surface area is 154 Å². The number of aromatic nitrogens is 4. The zero-order chi connectivity index (χ0) is 18.1. The molecule has 1 aliphatic carbocycles. The van der Waals surface area contributed by atoms with Crippen molar-refractivity contribution in [3.8, 4) is 0 Å². The number of hydrogen-bond donors (Lipinski definition) is 2. The largest absolute Gasteiger partial charge is 0.394 e. The standard InChI is InChI=1S/C17H21N5O3S/c1-10-2-3-12-11(8-10)13-15-20-14(16(24)18-4-6-25-7-5-23)21-22(15)9-19-17(13)26-12/h9-10,23H,2-8H2,1H3,(H,18,24)/t10-/m1/s1. The van der Waals surface area contributed by atoms with E-state index in [4.69, 9.17) is 9.84 Å². The number of nitrogens with one attached hydrogen (secondary N) is 1. The van der Waals surface area contributed by atoms with E-state index in [2.05, 4.69) is 27.3 Å². The van der Waals surface area contributed by atoms with Crippen LogP contribution in [-0.4, -0.2) is 57.0 Å². The van der Waals surface area contributed by atoms with Crippen LogP contribution in [0, 0.1) is 5.92 Å². The van der Waals surface area contributed by atoms with E-state index < -0.39 is 0 Å². The third-order valence-corrected chi connectivity index (χ3v) is 5.80. The van der Waals surface area contributed by atoms with Gasteiger partial charge in [0.05, 0.1) is 25.2 Å². The molecule has 0 spiro atoms. The molecule has 3 aromatic heterocycles. The maximum Gasteiger partial charge on any atom is 0.291 e. The van der Waals surface area contributed by atoms with Crippen LogP contribution >= 0.6 is 11.3 Å². The van der Waals surface area contributed by atoms with Gasteiger partial charge in [0, 0.05) is 11.4 Å². The van der Waals surface area contributed by atoms with Crippen LogP contribution in [0.3, 0.4) is 0 Å². The van der Waals surface area contributed by atoms with Crippen molar-refractivity contribution in [3.63, 3.8) is 0 Å². The van der Waals surface area contributed by atoms with Crippen molar-refractivity contribution in [1.82, 2.24) is 24.9 Å². The van der Waals surface area contributed by atoms with Gasteiger partial charge < -0.3 is 15.2 Å². The highest BCUT2D eigenvalue weighted by molar-refractivity contribution is 7.19. The second-order valence-electron chi connectivity index (χ2n) is 6.57. The monoisotopic (exact) mass is 375 g/mol. The van der Waals surface area contributed by atoms with E-state index in [0.717, 1.165) is 23.1 Å². The Morgan fingerprint density at radius 3 is 3.23 bits per heavy atom. The van der Waals surface area contributed by atoms with Crippen LogP contribution in [0.15, 0.2) is 6.33 Å². The van der Waals surface area contributed by atoms with Crippen molar-refractivity contribution < 1.29 is 14.6 Å². The summed E-state index contributed by atoms with van der Waals surface area (Å²) in [5.74, 6) is 0.433. The minimum absolute atomic E-state index is 0.0332. The lowest BCUT2D eigenvalue weighted by Gasteiger charge is -2.17. The molecular weight excluding hydrogens is 354 g/mol. The van der Waals surface area contributed by atoms with Gasteiger partial charge in [0.1, 0.15) is 11.2 Å². The molecule has 0 aromatic carbocycles. The second-order valence-corrected chi connectivity index (χ2v) is 7.66. The molecule has 3 heterocycles. The van der Waals surface area contributed by atoms with Gasteiger partial charge in [0.15, 0.2) is 5.65 Å². The number of nitrogens with zero attached hydrogens (tertiary/aromatic N) is 4. The first kappa shape index (κ1) is 17.3. The van der Waals surface area contributed by atoms with Gasteiger partial charge in [-0.25, -0.2) is 14.5 Å². The molecule has 1 atom stereocenters. The van der Waals surface area contributed by atoms with Gasteiger partial charge in [-0.1, -0.05) is 6.92 Å². The predicted octanol–water partition coefficient (Wildman–Crippen LogP) is 1.20. The molecule has 8 nitrogen and oxygen atoms in total. The lowest BCUT2D eigenvalue weighted by molar-refractivity contribution is 0.0832. The number of amides is 1. The third kappa shape index (κ3) is 3.17. The first-order valence-corrected chi connectivity index (χ1v) is 9.61. The Morgan fingerprint density at radius 2 is 2.38 bits per heavy atom. The topological polar surface area (TPSA) is 102 Å². The fraction of sp³-hybridized carbons (Fsp3) is 0.529. The van der Waals surface area contributed by atoms with E-state index in [1.807, 2.05) is 0 Å². The lowest BCUT2D eigenvalue weighted by atomic mass is 9.89. The molecule has 1 aliphatic rings. The summed E-state index contributed by atoms with van der Waals surface area (Å²) < 4.78 is 6.72. The molecule has 0 bridgehead atoms. The molecule has 0 aliphatic heterocycles. The van der Waals surface area contributed by atoms with Gasteiger partial charge in [-0.15, -0.1) is 16.4 Å². The Bertz CT molecular complexity index is 951. The number of carbonyl (C=O) groups is 1. The van der Waals surface area contributed by atoms with Crippen molar-refractivity contribution in [2.45, 2.75) is 26.2 Å². The summed E-state index contributed by atoms with van der Waals surface area (Å²) in [5, 5.41) is 16.7. The van der Waals surface area contributed by atoms with Gasteiger partial charge in [0.2, 0.25) is 5.82 Å². The normalized spacial score (nSPS) is 16.9. The number of hydrogen-bond acceptors (Lipinski definition) is 7. The maximum atomic E-state index is 12.3. The van der Waals surface area contributed by atoms with Crippen LogP contribution in [0.4, 0.5) is 0 Å². The third-order valence-electron chi connectivity index (χ3n) is 4.60. The summed E-state index contributed by atoms with van der Waals surface area (Å²) in [6.45, 7) is 3.17. The zero-order valence-electron chi connectivity index (χ0n) is 14.6. The number of carbonyl (C=O) groups excluding carboxylic acids is 1. The van der Waals surface area contributed by atoms with Crippen LogP contribution in [-0.2, 0) is 17.6 Å². The second kappa shape index (κ2) is 7.26. The number of aryl methyl sites for hydroxylation is 1. The van der Waals surface area contributed by atoms with Crippen molar-refractivity contribution in [2.24, 2.45) is 5.92 Å². The van der Waals surface area contributed by atoms with E-state index in [-0.39, 0.29) is 24.9 Å². The molecule has 0 radical (unpaired) electrons. The number of rotatable bonds is 6. The molecule has 4 rings (SSSR count). The number of aliphatic hydroxyl groups is 1. The number of fused-ring (bicyclic) bond motifs is 5. The summed E-state index contributed by atoms with van der Waals surface area (Å²) >= 11 is 1.73. The number of aliphatic hydroxyl groups excluding tert-OH is 1. The summed E-state index contributed by atoms with van der Waals surface area (Å²) in [6.07, 6.45) is 4.93. The SMILES string of the molecule is C[C@@H]1CCc2sc3ncn4nc(C(=O)NCCOCCO)nc4c3c2C1. The van der Waals surface area contributed by atoms with Gasteiger partial charge >= 0.3 is 0 Å². The quantitative estimate of drug-likeness (QED) is 0.628. The molecule has 1 amide bonds. The van der Waals surface area contributed by atoms with E-state index in [1.54, 1.807) is 22.2 Å². The van der Waals surface area contributed by atoms with Gasteiger partial charge in [-0.3, -0.25) is 4.79 Å². The number of thiophene rings is 1. The molecule has 0 saturated heterocycles. The average Bonchev–Trinajstić information content (AvgIpc) is 3.21. The Hall–Kier alpha value is -2.10. The van der Waals surface area contributed by atoms with Crippen molar-refractivity contribution in [1.29, 1.82) is 0 Å². The van der Waals surface area contributed by atoms with Crippen LogP contribution in [0.2, 0.25) is 0 Å².